The molecule has 2 fully saturated rings. The second-order valence-corrected chi connectivity index (χ2v) is 11.9. The molecule has 10 unspecified atom stereocenters. The highest BCUT2D eigenvalue weighted by Crippen LogP contribution is 2.35. The molecule has 2 rings (SSSR count). The van der Waals surface area contributed by atoms with Crippen molar-refractivity contribution in [2.75, 3.05) is 13.2 Å². The van der Waals surface area contributed by atoms with Gasteiger partial charge >= 0.3 is 5.97 Å². The van der Waals surface area contributed by atoms with Gasteiger partial charge in [-0.25, -0.2) is 0 Å². The van der Waals surface area contributed by atoms with Gasteiger partial charge in [-0.15, -0.1) is 0 Å². The molecule has 0 radical (unpaired) electrons. The summed E-state index contributed by atoms with van der Waals surface area (Å²) < 4.78 is 11.6. The molecule has 0 aromatic rings. The fraction of sp³-hybridized carbons (Fsp3) is 0.933. The summed E-state index contributed by atoms with van der Waals surface area (Å²) in [5, 5.41) is 65.6. The summed E-state index contributed by atoms with van der Waals surface area (Å²) >= 11 is 0. The molecule has 2 aliphatic rings. The average molecular weight is 590 g/mol. The number of aliphatic hydroxyl groups excluding tert-OH is 5. The molecule has 0 saturated heterocycles. The van der Waals surface area contributed by atoms with Gasteiger partial charge in [0, 0.05) is 13.2 Å². The zero-order chi connectivity index (χ0) is 30.4. The Morgan fingerprint density at radius 1 is 0.659 bits per heavy atom. The summed E-state index contributed by atoms with van der Waals surface area (Å²) in [4.78, 5) is 24.8. The van der Waals surface area contributed by atoms with Crippen LogP contribution in [0.25, 0.3) is 0 Å². The summed E-state index contributed by atoms with van der Waals surface area (Å²) in [7, 11) is 0. The van der Waals surface area contributed by atoms with Gasteiger partial charge in [0.25, 0.3) is 0 Å². The SMILES string of the molecule is CCCCCCCCCCCCOC1CC(C(=O)O)C(OC2CC(C(=O)NCCCC)C(O)C(O)C2O)C(O)C1O. The van der Waals surface area contributed by atoms with Gasteiger partial charge in [0.05, 0.1) is 36.3 Å². The smallest absolute Gasteiger partial charge is 0.309 e. The monoisotopic (exact) mass is 589 g/mol. The predicted molar refractivity (Wildman–Crippen MR) is 152 cm³/mol. The van der Waals surface area contributed by atoms with Gasteiger partial charge in [0.2, 0.25) is 5.91 Å². The topological polar surface area (TPSA) is 186 Å². The van der Waals surface area contributed by atoms with E-state index in [4.69, 9.17) is 9.47 Å². The highest BCUT2D eigenvalue weighted by atomic mass is 16.5. The van der Waals surface area contributed by atoms with Gasteiger partial charge in [0.1, 0.15) is 24.4 Å². The quantitative estimate of drug-likeness (QED) is 0.110. The van der Waals surface area contributed by atoms with Crippen molar-refractivity contribution in [3.8, 4) is 0 Å². The number of unbranched alkanes of at least 4 members (excludes halogenated alkanes) is 10. The Balaban J connectivity index is 1.88. The van der Waals surface area contributed by atoms with Gasteiger partial charge in [-0.05, 0) is 25.7 Å². The molecule has 0 bridgehead atoms. The maximum atomic E-state index is 12.6. The fourth-order valence-electron chi connectivity index (χ4n) is 5.89. The normalized spacial score (nSPS) is 33.9. The minimum absolute atomic E-state index is 0.106. The van der Waals surface area contributed by atoms with E-state index < -0.39 is 72.5 Å². The fourth-order valence-corrected chi connectivity index (χ4v) is 5.89. The zero-order valence-corrected chi connectivity index (χ0v) is 24.9. The Bertz CT molecular complexity index is 755. The van der Waals surface area contributed by atoms with Crippen LogP contribution < -0.4 is 5.32 Å². The Morgan fingerprint density at radius 3 is 1.78 bits per heavy atom. The van der Waals surface area contributed by atoms with Gasteiger partial charge in [-0.2, -0.15) is 0 Å². The van der Waals surface area contributed by atoms with E-state index >= 15 is 0 Å². The number of aliphatic carboxylic acids is 1. The van der Waals surface area contributed by atoms with Crippen molar-refractivity contribution >= 4 is 11.9 Å². The lowest BCUT2D eigenvalue weighted by Crippen LogP contribution is -2.62. The van der Waals surface area contributed by atoms with Crippen LogP contribution >= 0.6 is 0 Å². The van der Waals surface area contributed by atoms with Crippen molar-refractivity contribution in [2.45, 2.75) is 153 Å². The molecule has 10 atom stereocenters. The van der Waals surface area contributed by atoms with Gasteiger partial charge in [-0.1, -0.05) is 78.1 Å². The van der Waals surface area contributed by atoms with E-state index in [1.54, 1.807) is 0 Å². The third-order valence-electron chi connectivity index (χ3n) is 8.57. The van der Waals surface area contributed by atoms with Gasteiger partial charge < -0.3 is 45.4 Å². The number of carbonyl (C=O) groups is 2. The molecule has 0 aliphatic heterocycles. The highest BCUT2D eigenvalue weighted by molar-refractivity contribution is 5.79. The number of carboxylic acid groups (broad SMARTS) is 1. The molecule has 0 spiro atoms. The molecule has 41 heavy (non-hydrogen) atoms. The molecule has 0 aromatic heterocycles. The summed E-state index contributed by atoms with van der Waals surface area (Å²) in [5.74, 6) is -4.11. The van der Waals surface area contributed by atoms with Gasteiger partial charge in [0.15, 0.2) is 0 Å². The number of hydrogen-bond acceptors (Lipinski definition) is 9. The lowest BCUT2D eigenvalue weighted by molar-refractivity contribution is -0.237. The van der Waals surface area contributed by atoms with Crippen LogP contribution in [0.2, 0.25) is 0 Å². The van der Waals surface area contributed by atoms with Crippen molar-refractivity contribution in [2.24, 2.45) is 11.8 Å². The summed E-state index contributed by atoms with van der Waals surface area (Å²) in [6.45, 7) is 4.89. The second kappa shape index (κ2) is 19.0. The maximum absolute atomic E-state index is 12.6. The molecule has 7 N–H and O–H groups in total. The van der Waals surface area contributed by atoms with Crippen molar-refractivity contribution in [3.05, 3.63) is 0 Å². The minimum Gasteiger partial charge on any atom is -0.481 e. The second-order valence-electron chi connectivity index (χ2n) is 11.9. The Morgan fingerprint density at radius 2 is 1.20 bits per heavy atom. The van der Waals surface area contributed by atoms with Crippen LogP contribution in [-0.2, 0) is 19.1 Å². The first-order valence-electron chi connectivity index (χ1n) is 15.8. The van der Waals surface area contributed by atoms with E-state index in [9.17, 15) is 40.2 Å². The molecule has 1 amide bonds. The van der Waals surface area contributed by atoms with Crippen LogP contribution in [0.5, 0.6) is 0 Å². The van der Waals surface area contributed by atoms with Crippen molar-refractivity contribution in [3.63, 3.8) is 0 Å². The van der Waals surface area contributed by atoms with Crippen LogP contribution in [0.1, 0.15) is 104 Å². The molecular formula is C30H55NO10. The van der Waals surface area contributed by atoms with Crippen LogP contribution in [0.15, 0.2) is 0 Å². The Labute approximate surface area is 244 Å². The molecule has 11 heteroatoms. The number of rotatable bonds is 19. The lowest BCUT2D eigenvalue weighted by Gasteiger charge is -2.45. The van der Waals surface area contributed by atoms with E-state index in [1.807, 2.05) is 6.92 Å². The van der Waals surface area contributed by atoms with Crippen LogP contribution in [0.3, 0.4) is 0 Å². The summed E-state index contributed by atoms with van der Waals surface area (Å²) in [6.07, 6.45) is 1.41. The molecular weight excluding hydrogens is 534 g/mol. The third kappa shape index (κ3) is 11.0. The molecule has 11 nitrogen and oxygen atoms in total. The van der Waals surface area contributed by atoms with Crippen LogP contribution in [0, 0.1) is 11.8 Å². The third-order valence-corrected chi connectivity index (χ3v) is 8.57. The number of ether oxygens (including phenoxy) is 2. The first-order chi connectivity index (χ1) is 19.6. The minimum atomic E-state index is -1.71. The van der Waals surface area contributed by atoms with E-state index in [0.717, 1.165) is 38.5 Å². The number of carbonyl (C=O) groups excluding carboxylic acids is 1. The zero-order valence-electron chi connectivity index (χ0n) is 24.9. The standard InChI is InChI=1S/C30H55NO10/c1-3-5-7-8-9-10-11-12-13-14-16-40-21-18-20(30(38)39)28(27(36)24(21)33)41-22-17-19(23(32)26(35)25(22)34)29(37)31-15-6-4-2/h19-28,32-36H,3-18H2,1-2H3,(H,31,37)(H,38,39). The Kier molecular flexibility index (Phi) is 16.7. The predicted octanol–water partition coefficient (Wildman–Crippen LogP) is 1.89. The number of hydrogen-bond donors (Lipinski definition) is 7. The molecule has 2 aliphatic carbocycles. The van der Waals surface area contributed by atoms with Crippen LogP contribution in [-0.4, -0.2) is 104 Å². The molecule has 0 heterocycles. The molecule has 0 aromatic carbocycles. The van der Waals surface area contributed by atoms with E-state index in [2.05, 4.69) is 12.2 Å². The highest BCUT2D eigenvalue weighted by Gasteiger charge is 2.52. The van der Waals surface area contributed by atoms with Crippen molar-refractivity contribution in [1.29, 1.82) is 0 Å². The summed E-state index contributed by atoms with van der Waals surface area (Å²) in [5.41, 5.74) is 0. The van der Waals surface area contributed by atoms with Crippen LogP contribution in [0.4, 0.5) is 0 Å². The average Bonchev–Trinajstić information content (AvgIpc) is 2.95. The molecule has 240 valence electrons. The maximum Gasteiger partial charge on any atom is 0.309 e. The first-order valence-corrected chi connectivity index (χ1v) is 15.8. The van der Waals surface area contributed by atoms with Crippen molar-refractivity contribution in [1.82, 2.24) is 5.32 Å². The van der Waals surface area contributed by atoms with E-state index in [0.29, 0.717) is 13.2 Å². The number of aliphatic hydroxyl groups is 5. The van der Waals surface area contributed by atoms with Crippen molar-refractivity contribution < 1.29 is 49.7 Å². The lowest BCUT2D eigenvalue weighted by atomic mass is 9.78. The molecule has 2 saturated carbocycles. The summed E-state index contributed by atoms with van der Waals surface area (Å²) in [6, 6.07) is 0. The van der Waals surface area contributed by atoms with E-state index in [-0.39, 0.29) is 12.8 Å². The Hall–Kier alpha value is -1.34. The number of carboxylic acids is 1. The number of amides is 1. The number of nitrogens with one attached hydrogen (secondary N) is 1. The first kappa shape index (κ1) is 35.9. The largest absolute Gasteiger partial charge is 0.481 e. The van der Waals surface area contributed by atoms with Gasteiger partial charge in [-0.3, -0.25) is 9.59 Å². The van der Waals surface area contributed by atoms with E-state index in [1.165, 1.54) is 38.5 Å².